The van der Waals surface area contributed by atoms with Crippen molar-refractivity contribution in [2.75, 3.05) is 0 Å². The molecule has 0 saturated heterocycles. The Labute approximate surface area is 73.8 Å². The van der Waals surface area contributed by atoms with E-state index in [1.807, 2.05) is 0 Å². The minimum absolute atomic E-state index is 0.284. The van der Waals surface area contributed by atoms with E-state index in [2.05, 4.69) is 19.9 Å². The Bertz CT molecular complexity index is 260. The normalized spacial score (nSPS) is 36.8. The molecule has 0 N–H and O–H groups in total. The van der Waals surface area contributed by atoms with Crippen LogP contribution in [0, 0.1) is 17.3 Å². The molecule has 3 rings (SSSR count). The van der Waals surface area contributed by atoms with Crippen molar-refractivity contribution in [2.24, 2.45) is 17.3 Å². The maximum absolute atomic E-state index is 11.3. The third-order valence-corrected chi connectivity index (χ3v) is 3.87. The molecule has 0 aliphatic heterocycles. The first-order chi connectivity index (χ1) is 5.53. The molecule has 1 saturated carbocycles. The van der Waals surface area contributed by atoms with Gasteiger partial charge in [-0.25, -0.2) is 0 Å². The Hall–Kier alpha value is -0.590. The van der Waals surface area contributed by atoms with Crippen molar-refractivity contribution >= 4 is 5.78 Å². The van der Waals surface area contributed by atoms with Gasteiger partial charge in [0.25, 0.3) is 0 Å². The zero-order valence-electron chi connectivity index (χ0n) is 8.05. The van der Waals surface area contributed by atoms with Crippen LogP contribution >= 0.6 is 0 Å². The zero-order chi connectivity index (χ0) is 8.93. The summed E-state index contributed by atoms with van der Waals surface area (Å²) in [5.41, 5.74) is 1.50. The molecule has 0 heterocycles. The fraction of sp³-hybridized carbons (Fsp3) is 0.727. The fourth-order valence-corrected chi connectivity index (χ4v) is 2.74. The summed E-state index contributed by atoms with van der Waals surface area (Å²) in [5.74, 6) is 1.69. The Morgan fingerprint density at radius 3 is 2.58 bits per heavy atom. The molecule has 0 aromatic heterocycles. The maximum Gasteiger partial charge on any atom is 0.155 e. The molecule has 0 spiro atoms. The van der Waals surface area contributed by atoms with E-state index in [1.165, 1.54) is 6.42 Å². The smallest absolute Gasteiger partial charge is 0.155 e. The number of fused-ring (bicyclic) bond motifs is 1. The van der Waals surface area contributed by atoms with Crippen LogP contribution in [0.1, 0.15) is 33.6 Å². The van der Waals surface area contributed by atoms with Crippen molar-refractivity contribution in [2.45, 2.75) is 33.6 Å². The second kappa shape index (κ2) is 2.21. The number of hydrogen-bond acceptors (Lipinski definition) is 1. The van der Waals surface area contributed by atoms with Gasteiger partial charge in [0.15, 0.2) is 5.78 Å². The van der Waals surface area contributed by atoms with E-state index in [4.69, 9.17) is 0 Å². The first kappa shape index (κ1) is 8.03. The van der Waals surface area contributed by atoms with Crippen LogP contribution in [-0.2, 0) is 4.79 Å². The lowest BCUT2D eigenvalue weighted by Gasteiger charge is -2.56. The van der Waals surface area contributed by atoms with Crippen LogP contribution in [-0.4, -0.2) is 5.78 Å². The first-order valence-electron chi connectivity index (χ1n) is 4.74. The Morgan fingerprint density at radius 2 is 2.25 bits per heavy atom. The minimum atomic E-state index is 0.284. The van der Waals surface area contributed by atoms with Gasteiger partial charge in [0.1, 0.15) is 0 Å². The number of rotatable bonds is 1. The average molecular weight is 164 g/mol. The van der Waals surface area contributed by atoms with Gasteiger partial charge in [-0.15, -0.1) is 0 Å². The number of carbonyl (C=O) groups excluding carboxylic acids is 1. The van der Waals surface area contributed by atoms with Gasteiger partial charge in [-0.05, 0) is 42.6 Å². The van der Waals surface area contributed by atoms with Crippen LogP contribution in [0.3, 0.4) is 0 Å². The third-order valence-electron chi connectivity index (χ3n) is 3.87. The second-order valence-corrected chi connectivity index (χ2v) is 4.76. The van der Waals surface area contributed by atoms with E-state index >= 15 is 0 Å². The van der Waals surface area contributed by atoms with Gasteiger partial charge in [-0.3, -0.25) is 4.79 Å². The molecule has 66 valence electrons. The molecule has 12 heavy (non-hydrogen) atoms. The summed E-state index contributed by atoms with van der Waals surface area (Å²) in [7, 11) is 0. The molecule has 1 fully saturated rings. The van der Waals surface area contributed by atoms with E-state index in [1.54, 1.807) is 6.92 Å². The summed E-state index contributed by atoms with van der Waals surface area (Å²) in [6.07, 6.45) is 4.53. The molecule has 2 bridgehead atoms. The van der Waals surface area contributed by atoms with Gasteiger partial charge in [-0.2, -0.15) is 0 Å². The van der Waals surface area contributed by atoms with E-state index in [0.29, 0.717) is 11.3 Å². The predicted molar refractivity (Wildman–Crippen MR) is 48.8 cm³/mol. The fourth-order valence-electron chi connectivity index (χ4n) is 2.74. The summed E-state index contributed by atoms with van der Waals surface area (Å²) in [6.45, 7) is 6.28. The van der Waals surface area contributed by atoms with Crippen molar-refractivity contribution in [3.63, 3.8) is 0 Å². The molecule has 1 nitrogen and oxygen atoms in total. The van der Waals surface area contributed by atoms with Crippen LogP contribution in [0.25, 0.3) is 0 Å². The summed E-state index contributed by atoms with van der Waals surface area (Å²) in [4.78, 5) is 11.3. The van der Waals surface area contributed by atoms with E-state index in [0.717, 1.165) is 17.9 Å². The summed E-state index contributed by atoms with van der Waals surface area (Å²) >= 11 is 0. The van der Waals surface area contributed by atoms with Gasteiger partial charge < -0.3 is 0 Å². The molecule has 1 heteroatoms. The van der Waals surface area contributed by atoms with Crippen molar-refractivity contribution in [1.29, 1.82) is 0 Å². The van der Waals surface area contributed by atoms with Gasteiger partial charge >= 0.3 is 0 Å². The number of carbonyl (C=O) groups is 1. The van der Waals surface area contributed by atoms with Gasteiger partial charge in [0.05, 0.1) is 0 Å². The average Bonchev–Trinajstić information content (AvgIpc) is 2.04. The van der Waals surface area contributed by atoms with Crippen molar-refractivity contribution < 1.29 is 4.79 Å². The van der Waals surface area contributed by atoms with E-state index < -0.39 is 0 Å². The van der Waals surface area contributed by atoms with Crippen LogP contribution in [0.15, 0.2) is 11.6 Å². The van der Waals surface area contributed by atoms with Crippen molar-refractivity contribution in [3.05, 3.63) is 11.6 Å². The highest BCUT2D eigenvalue weighted by atomic mass is 16.1. The quantitative estimate of drug-likeness (QED) is 0.582. The number of ketones is 1. The molecule has 0 radical (unpaired) electrons. The Morgan fingerprint density at radius 1 is 1.58 bits per heavy atom. The molecular weight excluding hydrogens is 148 g/mol. The van der Waals surface area contributed by atoms with E-state index in [9.17, 15) is 4.79 Å². The van der Waals surface area contributed by atoms with Gasteiger partial charge in [0, 0.05) is 0 Å². The first-order valence-corrected chi connectivity index (χ1v) is 4.74. The van der Waals surface area contributed by atoms with Crippen LogP contribution in [0.4, 0.5) is 0 Å². The lowest BCUT2D eigenvalue weighted by Crippen LogP contribution is -2.49. The molecule has 3 aliphatic rings. The SMILES string of the molecule is CC(=O)C1=CC[C@H]2C[C@@H]1C2(C)C. The minimum Gasteiger partial charge on any atom is -0.295 e. The largest absolute Gasteiger partial charge is 0.295 e. The summed E-state index contributed by atoms with van der Waals surface area (Å²) < 4.78 is 0. The zero-order valence-corrected chi connectivity index (χ0v) is 8.05. The predicted octanol–water partition coefficient (Wildman–Crippen LogP) is 2.57. The van der Waals surface area contributed by atoms with Crippen LogP contribution < -0.4 is 0 Å². The highest BCUT2D eigenvalue weighted by Gasteiger charge is 2.51. The standard InChI is InChI=1S/C11H16O/c1-7(12)9-5-4-8-6-10(9)11(8,2)3/h5,8,10H,4,6H2,1-3H3/t8-,10-/m0/s1. The van der Waals surface area contributed by atoms with E-state index in [-0.39, 0.29) is 5.78 Å². The lowest BCUT2D eigenvalue weighted by molar-refractivity contribution is -0.117. The summed E-state index contributed by atoms with van der Waals surface area (Å²) in [6, 6.07) is 0. The molecule has 3 aliphatic carbocycles. The summed E-state index contributed by atoms with van der Waals surface area (Å²) in [5, 5.41) is 0. The third kappa shape index (κ3) is 0.825. The van der Waals surface area contributed by atoms with Crippen LogP contribution in [0.2, 0.25) is 0 Å². The Kier molecular flexibility index (Phi) is 1.48. The van der Waals surface area contributed by atoms with Gasteiger partial charge in [0.2, 0.25) is 0 Å². The highest BCUT2D eigenvalue weighted by molar-refractivity contribution is 5.94. The monoisotopic (exact) mass is 164 g/mol. The highest BCUT2D eigenvalue weighted by Crippen LogP contribution is 2.59. The lowest BCUT2D eigenvalue weighted by atomic mass is 9.48. The molecule has 0 amide bonds. The molecular formula is C11H16O. The van der Waals surface area contributed by atoms with Crippen molar-refractivity contribution in [3.8, 4) is 0 Å². The second-order valence-electron chi connectivity index (χ2n) is 4.76. The van der Waals surface area contributed by atoms with Gasteiger partial charge in [-0.1, -0.05) is 19.9 Å². The topological polar surface area (TPSA) is 17.1 Å². The number of allylic oxidation sites excluding steroid dienone is 2. The van der Waals surface area contributed by atoms with Crippen molar-refractivity contribution in [1.82, 2.24) is 0 Å². The number of hydrogen-bond donors (Lipinski definition) is 0. The number of Topliss-reactive ketones (excluding diaryl/α,β-unsaturated/α-hetero) is 1. The molecule has 0 aromatic rings. The molecule has 0 unspecified atom stereocenters. The van der Waals surface area contributed by atoms with Crippen LogP contribution in [0.5, 0.6) is 0 Å². The maximum atomic E-state index is 11.3. The molecule has 0 aromatic carbocycles. The Balaban J connectivity index is 2.30. The molecule has 2 atom stereocenters.